The fourth-order valence-corrected chi connectivity index (χ4v) is 3.03. The molecule has 1 atom stereocenters. The number of nitrogen functional groups attached to an aromatic ring is 1. The highest BCUT2D eigenvalue weighted by atomic mass is 16.4. The third kappa shape index (κ3) is 2.10. The Morgan fingerprint density at radius 3 is 3.00 bits per heavy atom. The normalized spacial score (nSPS) is 24.0. The zero-order chi connectivity index (χ0) is 15.2. The predicted octanol–water partition coefficient (Wildman–Crippen LogP) is 0.896. The van der Waals surface area contributed by atoms with Gasteiger partial charge >= 0.3 is 6.09 Å². The van der Waals surface area contributed by atoms with Gasteiger partial charge < -0.3 is 10.8 Å². The maximum absolute atomic E-state index is 12.2. The van der Waals surface area contributed by atoms with E-state index in [-0.39, 0.29) is 18.3 Å². The fourth-order valence-electron chi connectivity index (χ4n) is 3.03. The van der Waals surface area contributed by atoms with Gasteiger partial charge in [0, 0.05) is 12.7 Å². The van der Waals surface area contributed by atoms with E-state index in [4.69, 9.17) is 10.8 Å². The Hall–Kier alpha value is -2.57. The molecule has 0 radical (unpaired) electrons. The van der Waals surface area contributed by atoms with Gasteiger partial charge in [0.1, 0.15) is 0 Å². The summed E-state index contributed by atoms with van der Waals surface area (Å²) in [4.78, 5) is 28.9. The van der Waals surface area contributed by atoms with Crippen LogP contribution in [0.4, 0.5) is 10.5 Å². The van der Waals surface area contributed by atoms with Crippen LogP contribution >= 0.6 is 0 Å². The molecule has 1 aliphatic carbocycles. The molecule has 4 N–H and O–H groups in total. The second kappa shape index (κ2) is 4.47. The first-order valence-electron chi connectivity index (χ1n) is 6.66. The van der Waals surface area contributed by atoms with Gasteiger partial charge in [-0.2, -0.15) is 0 Å². The number of carbonyl (C=O) groups is 2. The van der Waals surface area contributed by atoms with Crippen LogP contribution in [0.2, 0.25) is 0 Å². The number of anilines is 1. The number of nitrogens with one attached hydrogen (secondary N) is 1. The van der Waals surface area contributed by atoms with E-state index < -0.39 is 11.6 Å². The number of hydrogen-bond donors (Lipinski definition) is 3. The molecular weight excluding hydrogens is 272 g/mol. The van der Waals surface area contributed by atoms with Crippen molar-refractivity contribution in [1.29, 1.82) is 0 Å². The topological polar surface area (TPSA) is 108 Å². The number of hydrogen-bond acceptors (Lipinski definition) is 4. The molecule has 2 amide bonds. The average Bonchev–Trinajstić information content (AvgIpc) is 2.73. The van der Waals surface area contributed by atoms with Gasteiger partial charge in [0.2, 0.25) is 11.9 Å². The van der Waals surface area contributed by atoms with Gasteiger partial charge in [-0.1, -0.05) is 6.07 Å². The highest BCUT2D eigenvalue weighted by Crippen LogP contribution is 2.45. The Balaban J connectivity index is 2.10. The number of nitrogens with two attached hydrogens (primary N) is 1. The number of amides is 2. The minimum Gasteiger partial charge on any atom is -0.465 e. The van der Waals surface area contributed by atoms with Crippen LogP contribution < -0.4 is 11.1 Å². The Labute approximate surface area is 121 Å². The minimum atomic E-state index is -1.24. The van der Waals surface area contributed by atoms with Gasteiger partial charge in [-0.25, -0.2) is 9.79 Å². The van der Waals surface area contributed by atoms with Crippen molar-refractivity contribution in [2.75, 3.05) is 12.8 Å². The lowest BCUT2D eigenvalue weighted by Crippen LogP contribution is -2.51. The maximum atomic E-state index is 12.2. The van der Waals surface area contributed by atoms with E-state index in [1.54, 1.807) is 0 Å². The van der Waals surface area contributed by atoms with E-state index in [9.17, 15) is 9.59 Å². The molecular formula is C14H16N4O3. The van der Waals surface area contributed by atoms with Crippen molar-refractivity contribution >= 4 is 23.6 Å². The molecule has 7 heteroatoms. The van der Waals surface area contributed by atoms with Gasteiger partial charge in [0.05, 0.1) is 12.0 Å². The molecule has 1 aromatic rings. The second-order valence-corrected chi connectivity index (χ2v) is 5.44. The first-order chi connectivity index (χ1) is 9.91. The summed E-state index contributed by atoms with van der Waals surface area (Å²) in [5.74, 6) is -0.0990. The van der Waals surface area contributed by atoms with E-state index in [0.29, 0.717) is 12.1 Å². The van der Waals surface area contributed by atoms with Crippen molar-refractivity contribution in [3.63, 3.8) is 0 Å². The average molecular weight is 288 g/mol. The van der Waals surface area contributed by atoms with E-state index in [2.05, 4.69) is 10.3 Å². The summed E-state index contributed by atoms with van der Waals surface area (Å²) in [7, 11) is 1.51. The van der Waals surface area contributed by atoms with Gasteiger partial charge in [-0.15, -0.1) is 0 Å². The summed E-state index contributed by atoms with van der Waals surface area (Å²) in [6, 6.07) is 5.61. The highest BCUT2D eigenvalue weighted by Gasteiger charge is 2.45. The molecule has 0 saturated carbocycles. The Bertz CT molecular complexity index is 670. The molecule has 0 fully saturated rings. The Morgan fingerprint density at radius 2 is 2.29 bits per heavy atom. The number of carboxylic acid groups (broad SMARTS) is 1. The molecule has 0 unspecified atom stereocenters. The van der Waals surface area contributed by atoms with Crippen LogP contribution in [0.3, 0.4) is 0 Å². The van der Waals surface area contributed by atoms with Crippen molar-refractivity contribution in [3.8, 4) is 0 Å². The standard InChI is InChI=1S/C14H16N4O3/c1-18-11(19)7-14(17-12(18)16-13(20)21)5-4-8-2-3-9(15)6-10(8)14/h2-3,6H,4-5,7,15H2,1H3,(H,16,17)(H,20,21)/t14-/m0/s1. The summed E-state index contributed by atoms with van der Waals surface area (Å²) in [6.07, 6.45) is 0.466. The third-order valence-corrected chi connectivity index (χ3v) is 4.12. The molecule has 7 nitrogen and oxygen atoms in total. The predicted molar refractivity (Wildman–Crippen MR) is 76.8 cm³/mol. The van der Waals surface area contributed by atoms with E-state index in [1.807, 2.05) is 18.2 Å². The molecule has 0 saturated heterocycles. The zero-order valence-electron chi connectivity index (χ0n) is 11.6. The first kappa shape index (κ1) is 13.4. The monoisotopic (exact) mass is 288 g/mol. The summed E-state index contributed by atoms with van der Waals surface area (Å²) >= 11 is 0. The molecule has 1 spiro atoms. The summed E-state index contributed by atoms with van der Waals surface area (Å²) < 4.78 is 0. The number of fused-ring (bicyclic) bond motifs is 2. The lowest BCUT2D eigenvalue weighted by molar-refractivity contribution is -0.128. The van der Waals surface area contributed by atoms with Crippen molar-refractivity contribution in [3.05, 3.63) is 29.3 Å². The quantitative estimate of drug-likeness (QED) is 0.616. The largest absolute Gasteiger partial charge is 0.465 e. The smallest absolute Gasteiger partial charge is 0.411 e. The summed E-state index contributed by atoms with van der Waals surface area (Å²) in [5.41, 5.74) is 7.79. The summed E-state index contributed by atoms with van der Waals surface area (Å²) in [6.45, 7) is 0. The number of benzene rings is 1. The Morgan fingerprint density at radius 1 is 1.52 bits per heavy atom. The maximum Gasteiger partial charge on any atom is 0.411 e. The number of nitrogens with zero attached hydrogens (tertiary/aromatic N) is 2. The lowest BCUT2D eigenvalue weighted by atomic mass is 9.87. The fraction of sp³-hybridized carbons (Fsp3) is 0.357. The zero-order valence-corrected chi connectivity index (χ0v) is 11.6. The highest BCUT2D eigenvalue weighted by molar-refractivity contribution is 6.04. The Kier molecular flexibility index (Phi) is 2.86. The molecule has 2 aliphatic rings. The van der Waals surface area contributed by atoms with Gasteiger partial charge in [-0.3, -0.25) is 15.0 Å². The van der Waals surface area contributed by atoms with Gasteiger partial charge in [0.25, 0.3) is 0 Å². The van der Waals surface area contributed by atoms with Crippen molar-refractivity contribution in [1.82, 2.24) is 10.2 Å². The van der Waals surface area contributed by atoms with E-state index in [1.165, 1.54) is 11.9 Å². The molecule has 1 aromatic carbocycles. The molecule has 1 aliphatic heterocycles. The third-order valence-electron chi connectivity index (χ3n) is 4.12. The SMILES string of the molecule is CN1C(=O)C[C@]2(CCc3ccc(N)cc32)N=C1NC(=O)O. The van der Waals surface area contributed by atoms with Crippen LogP contribution in [0, 0.1) is 0 Å². The number of aliphatic imine (C=N–C) groups is 1. The molecule has 21 heavy (non-hydrogen) atoms. The second-order valence-electron chi connectivity index (χ2n) is 5.44. The lowest BCUT2D eigenvalue weighted by Gasteiger charge is -2.35. The van der Waals surface area contributed by atoms with Crippen LogP contribution in [0.25, 0.3) is 0 Å². The summed E-state index contributed by atoms with van der Waals surface area (Å²) in [5, 5.41) is 11.1. The molecule has 0 bridgehead atoms. The van der Waals surface area contributed by atoms with Crippen molar-refractivity contribution in [2.24, 2.45) is 4.99 Å². The first-order valence-corrected chi connectivity index (χ1v) is 6.66. The van der Waals surface area contributed by atoms with Gasteiger partial charge in [-0.05, 0) is 36.1 Å². The van der Waals surface area contributed by atoms with E-state index >= 15 is 0 Å². The van der Waals surface area contributed by atoms with Crippen molar-refractivity contribution in [2.45, 2.75) is 24.8 Å². The number of aryl methyl sites for hydroxylation is 1. The number of rotatable bonds is 0. The molecule has 0 aromatic heterocycles. The number of carbonyl (C=O) groups excluding carboxylic acids is 1. The van der Waals surface area contributed by atoms with Crippen molar-refractivity contribution < 1.29 is 14.7 Å². The van der Waals surface area contributed by atoms with Crippen LogP contribution in [0.5, 0.6) is 0 Å². The van der Waals surface area contributed by atoms with Crippen LogP contribution in [0.15, 0.2) is 23.2 Å². The number of guanidine groups is 1. The van der Waals surface area contributed by atoms with Gasteiger partial charge in [0.15, 0.2) is 0 Å². The molecule has 110 valence electrons. The minimum absolute atomic E-state index is 0.0639. The van der Waals surface area contributed by atoms with Crippen LogP contribution in [-0.4, -0.2) is 35.0 Å². The molecule has 3 rings (SSSR count). The van der Waals surface area contributed by atoms with Crippen LogP contribution in [0.1, 0.15) is 24.0 Å². The van der Waals surface area contributed by atoms with E-state index in [0.717, 1.165) is 17.5 Å². The molecule has 1 heterocycles. The van der Waals surface area contributed by atoms with Crippen LogP contribution in [-0.2, 0) is 16.8 Å².